The van der Waals surface area contributed by atoms with Crippen LogP contribution >= 0.6 is 0 Å². The Morgan fingerprint density at radius 3 is 2.67 bits per heavy atom. The molecular weight excluding hydrogens is 127 g/mol. The Balaban J connectivity index is 2.51. The van der Waals surface area contributed by atoms with Crippen molar-refractivity contribution in [2.45, 2.75) is 12.2 Å². The zero-order chi connectivity index (χ0) is 6.85. The number of ether oxygens (including phenoxy) is 1. The van der Waals surface area contributed by atoms with E-state index < -0.39 is 18.0 Å². The van der Waals surface area contributed by atoms with Gasteiger partial charge in [-0.05, 0) is 0 Å². The first-order valence-corrected chi connectivity index (χ1v) is 2.55. The highest BCUT2D eigenvalue weighted by Crippen LogP contribution is 2.18. The van der Waals surface area contributed by atoms with Gasteiger partial charge in [0.1, 0.15) is 12.4 Å². The topological polar surface area (TPSA) is 49.7 Å². The average molecular weight is 134 g/mol. The SMILES string of the molecule is OCC1OC=C(F)C1O. The van der Waals surface area contributed by atoms with Crippen molar-refractivity contribution in [1.29, 1.82) is 0 Å². The minimum atomic E-state index is -1.28. The van der Waals surface area contributed by atoms with Crippen LogP contribution in [0, 0.1) is 0 Å². The van der Waals surface area contributed by atoms with Crippen molar-refractivity contribution in [3.8, 4) is 0 Å². The number of rotatable bonds is 1. The van der Waals surface area contributed by atoms with Crippen molar-refractivity contribution >= 4 is 0 Å². The monoisotopic (exact) mass is 134 g/mol. The second-order valence-electron chi connectivity index (χ2n) is 1.80. The predicted octanol–water partition coefficient (Wildman–Crippen LogP) is -0.451. The summed E-state index contributed by atoms with van der Waals surface area (Å²) in [6.07, 6.45) is -1.29. The first kappa shape index (κ1) is 6.51. The quantitative estimate of drug-likeness (QED) is 0.510. The molecule has 0 saturated heterocycles. The zero-order valence-electron chi connectivity index (χ0n) is 4.62. The maximum Gasteiger partial charge on any atom is 0.167 e. The molecule has 0 aromatic carbocycles. The highest BCUT2D eigenvalue weighted by atomic mass is 19.1. The van der Waals surface area contributed by atoms with E-state index in [2.05, 4.69) is 4.74 Å². The lowest BCUT2D eigenvalue weighted by Crippen LogP contribution is -2.26. The molecule has 1 aliphatic rings. The van der Waals surface area contributed by atoms with E-state index >= 15 is 0 Å². The summed E-state index contributed by atoms with van der Waals surface area (Å²) in [6.45, 7) is -0.370. The fourth-order valence-corrected chi connectivity index (χ4v) is 0.617. The minimum absolute atomic E-state index is 0.370. The van der Waals surface area contributed by atoms with Crippen LogP contribution in [0.2, 0.25) is 0 Å². The largest absolute Gasteiger partial charge is 0.490 e. The van der Waals surface area contributed by atoms with Gasteiger partial charge in [0.15, 0.2) is 11.9 Å². The van der Waals surface area contributed by atoms with Crippen LogP contribution in [0.5, 0.6) is 0 Å². The van der Waals surface area contributed by atoms with Crippen LogP contribution < -0.4 is 0 Å². The van der Waals surface area contributed by atoms with Crippen LogP contribution in [0.3, 0.4) is 0 Å². The van der Waals surface area contributed by atoms with Crippen LogP contribution in [0.15, 0.2) is 12.1 Å². The van der Waals surface area contributed by atoms with E-state index in [1.807, 2.05) is 0 Å². The Kier molecular flexibility index (Phi) is 1.68. The second kappa shape index (κ2) is 2.33. The molecule has 9 heavy (non-hydrogen) atoms. The average Bonchev–Trinajstić information content (AvgIpc) is 2.15. The molecule has 1 heterocycles. The molecule has 0 bridgehead atoms. The van der Waals surface area contributed by atoms with Gasteiger partial charge in [-0.15, -0.1) is 0 Å². The molecule has 2 atom stereocenters. The van der Waals surface area contributed by atoms with E-state index in [4.69, 9.17) is 10.2 Å². The normalized spacial score (nSPS) is 33.9. The molecule has 0 aromatic rings. The van der Waals surface area contributed by atoms with E-state index in [1.165, 1.54) is 0 Å². The number of hydrogen-bond donors (Lipinski definition) is 2. The molecule has 0 amide bonds. The number of aliphatic hydroxyl groups excluding tert-OH is 2. The van der Waals surface area contributed by atoms with Gasteiger partial charge in [0.25, 0.3) is 0 Å². The van der Waals surface area contributed by atoms with Gasteiger partial charge in [0.05, 0.1) is 6.61 Å². The van der Waals surface area contributed by atoms with Crippen molar-refractivity contribution < 1.29 is 19.3 Å². The van der Waals surface area contributed by atoms with Gasteiger partial charge in [-0.1, -0.05) is 0 Å². The molecule has 0 aromatic heterocycles. The molecule has 2 unspecified atom stereocenters. The molecule has 2 N–H and O–H groups in total. The maximum absolute atomic E-state index is 12.1. The van der Waals surface area contributed by atoms with Gasteiger partial charge in [0, 0.05) is 0 Å². The third-order valence-corrected chi connectivity index (χ3v) is 1.17. The van der Waals surface area contributed by atoms with E-state index in [1.54, 1.807) is 0 Å². The molecule has 0 saturated carbocycles. The number of aliphatic hydroxyl groups is 2. The van der Waals surface area contributed by atoms with Gasteiger partial charge in [0.2, 0.25) is 0 Å². The summed E-state index contributed by atoms with van der Waals surface area (Å²) in [7, 11) is 0. The van der Waals surface area contributed by atoms with Crippen LogP contribution in [-0.4, -0.2) is 29.0 Å². The lowest BCUT2D eigenvalue weighted by molar-refractivity contribution is 0.0151. The van der Waals surface area contributed by atoms with Crippen LogP contribution in [0.4, 0.5) is 4.39 Å². The van der Waals surface area contributed by atoms with Crippen molar-refractivity contribution in [2.24, 2.45) is 0 Å². The molecular formula is C5H7FO3. The zero-order valence-corrected chi connectivity index (χ0v) is 4.62. The highest BCUT2D eigenvalue weighted by Gasteiger charge is 2.29. The van der Waals surface area contributed by atoms with E-state index in [0.717, 1.165) is 6.26 Å². The molecule has 0 radical (unpaired) electrons. The van der Waals surface area contributed by atoms with Gasteiger partial charge < -0.3 is 14.9 Å². The lowest BCUT2D eigenvalue weighted by atomic mass is 10.2. The molecule has 4 heteroatoms. The summed E-state index contributed by atoms with van der Waals surface area (Å²) >= 11 is 0. The first-order chi connectivity index (χ1) is 4.25. The summed E-state index contributed by atoms with van der Waals surface area (Å²) in [4.78, 5) is 0. The Morgan fingerprint density at radius 2 is 2.44 bits per heavy atom. The second-order valence-corrected chi connectivity index (χ2v) is 1.80. The fraction of sp³-hybridized carbons (Fsp3) is 0.600. The van der Waals surface area contributed by atoms with E-state index in [-0.39, 0.29) is 6.61 Å². The standard InChI is InChI=1S/C5H7FO3/c6-3-2-9-4(1-7)5(3)8/h2,4-5,7-8H,1H2. The molecule has 0 spiro atoms. The molecule has 1 aliphatic heterocycles. The summed E-state index contributed by atoms with van der Waals surface area (Å²) in [6, 6.07) is 0. The van der Waals surface area contributed by atoms with Crippen molar-refractivity contribution in [2.75, 3.05) is 6.61 Å². The minimum Gasteiger partial charge on any atom is -0.490 e. The Hall–Kier alpha value is -0.610. The molecule has 0 aliphatic carbocycles. The van der Waals surface area contributed by atoms with E-state index in [9.17, 15) is 4.39 Å². The van der Waals surface area contributed by atoms with Gasteiger partial charge >= 0.3 is 0 Å². The molecule has 3 nitrogen and oxygen atoms in total. The highest BCUT2D eigenvalue weighted by molar-refractivity contribution is 5.03. The molecule has 52 valence electrons. The summed E-state index contributed by atoms with van der Waals surface area (Å²) in [5.41, 5.74) is 0. The Labute approximate surface area is 51.4 Å². The maximum atomic E-state index is 12.1. The first-order valence-electron chi connectivity index (χ1n) is 2.55. The van der Waals surface area contributed by atoms with Crippen LogP contribution in [0.25, 0.3) is 0 Å². The van der Waals surface area contributed by atoms with Crippen LogP contribution in [0.1, 0.15) is 0 Å². The number of hydrogen-bond acceptors (Lipinski definition) is 3. The Bertz CT molecular complexity index is 134. The van der Waals surface area contributed by atoms with Gasteiger partial charge in [-0.2, -0.15) is 0 Å². The fourth-order valence-electron chi connectivity index (χ4n) is 0.617. The third-order valence-electron chi connectivity index (χ3n) is 1.17. The molecule has 1 rings (SSSR count). The van der Waals surface area contributed by atoms with Gasteiger partial charge in [-0.3, -0.25) is 0 Å². The molecule has 0 fully saturated rings. The van der Waals surface area contributed by atoms with Crippen molar-refractivity contribution in [3.05, 3.63) is 12.1 Å². The summed E-state index contributed by atoms with van der Waals surface area (Å²) in [5.74, 6) is -0.728. The van der Waals surface area contributed by atoms with E-state index in [0.29, 0.717) is 0 Å². The summed E-state index contributed by atoms with van der Waals surface area (Å²) < 4.78 is 16.6. The van der Waals surface area contributed by atoms with Crippen LogP contribution in [-0.2, 0) is 4.74 Å². The lowest BCUT2D eigenvalue weighted by Gasteiger charge is -2.09. The third kappa shape index (κ3) is 1.04. The predicted molar refractivity (Wildman–Crippen MR) is 27.2 cm³/mol. The van der Waals surface area contributed by atoms with Crippen molar-refractivity contribution in [3.63, 3.8) is 0 Å². The number of halogens is 1. The van der Waals surface area contributed by atoms with Crippen molar-refractivity contribution in [1.82, 2.24) is 0 Å². The Morgan fingerprint density at radius 1 is 1.78 bits per heavy atom. The van der Waals surface area contributed by atoms with Gasteiger partial charge in [-0.25, -0.2) is 4.39 Å². The summed E-state index contributed by atoms with van der Waals surface area (Å²) in [5, 5.41) is 17.1. The smallest absolute Gasteiger partial charge is 0.167 e.